The Morgan fingerprint density at radius 3 is 2.58 bits per heavy atom. The second-order valence-electron chi connectivity index (χ2n) is 5.44. The van der Waals surface area contributed by atoms with Crippen LogP contribution in [0.1, 0.15) is 53.4 Å². The second kappa shape index (κ2) is 11.6. The summed E-state index contributed by atoms with van der Waals surface area (Å²) >= 11 is 0. The van der Waals surface area contributed by atoms with Crippen molar-refractivity contribution in [1.82, 2.24) is 5.32 Å². The minimum Gasteiger partial charge on any atom is -0.394 e. The number of hydrogen-bond acceptors (Lipinski definition) is 4. The molecule has 0 spiro atoms. The third-order valence-electron chi connectivity index (χ3n) is 3.23. The summed E-state index contributed by atoms with van der Waals surface area (Å²) in [5.41, 5.74) is -0.146. The summed E-state index contributed by atoms with van der Waals surface area (Å²) in [6.07, 6.45) is 4.33. The van der Waals surface area contributed by atoms with Crippen LogP contribution in [0, 0.1) is 0 Å². The molecule has 2 N–H and O–H groups in total. The number of ether oxygens (including phenoxy) is 2. The highest BCUT2D eigenvalue weighted by Gasteiger charge is 2.21. The molecule has 0 fully saturated rings. The van der Waals surface area contributed by atoms with Crippen LogP contribution in [0.4, 0.5) is 0 Å². The highest BCUT2D eigenvalue weighted by Crippen LogP contribution is 2.13. The second-order valence-corrected chi connectivity index (χ2v) is 5.44. The maximum Gasteiger partial charge on any atom is 0.0780 e. The number of unbranched alkanes of at least 4 members (excludes halogenated alkanes) is 1. The zero-order valence-electron chi connectivity index (χ0n) is 13.2. The minimum atomic E-state index is -0.146. The van der Waals surface area contributed by atoms with Crippen LogP contribution in [0.25, 0.3) is 0 Å². The van der Waals surface area contributed by atoms with Crippen molar-refractivity contribution in [3.05, 3.63) is 0 Å². The molecule has 2 atom stereocenters. The van der Waals surface area contributed by atoms with Crippen molar-refractivity contribution in [2.24, 2.45) is 0 Å². The van der Waals surface area contributed by atoms with Gasteiger partial charge in [-0.25, -0.2) is 0 Å². The molecule has 0 aromatic carbocycles. The predicted molar refractivity (Wildman–Crippen MR) is 79.5 cm³/mol. The van der Waals surface area contributed by atoms with Crippen molar-refractivity contribution < 1.29 is 14.6 Å². The van der Waals surface area contributed by atoms with E-state index in [1.165, 1.54) is 0 Å². The van der Waals surface area contributed by atoms with E-state index in [1.54, 1.807) is 0 Å². The van der Waals surface area contributed by atoms with Gasteiger partial charge < -0.3 is 19.9 Å². The molecule has 0 bridgehead atoms. The van der Waals surface area contributed by atoms with Gasteiger partial charge >= 0.3 is 0 Å². The molecule has 116 valence electrons. The highest BCUT2D eigenvalue weighted by atomic mass is 16.5. The first-order valence-corrected chi connectivity index (χ1v) is 7.63. The molecule has 0 aliphatic carbocycles. The van der Waals surface area contributed by atoms with E-state index < -0.39 is 0 Å². The lowest BCUT2D eigenvalue weighted by atomic mass is 9.95. The molecule has 2 unspecified atom stereocenters. The summed E-state index contributed by atoms with van der Waals surface area (Å²) in [5.74, 6) is 0. The maximum atomic E-state index is 9.44. The fourth-order valence-corrected chi connectivity index (χ4v) is 1.88. The number of hydrogen-bond donors (Lipinski definition) is 2. The Kier molecular flexibility index (Phi) is 11.6. The fourth-order valence-electron chi connectivity index (χ4n) is 1.88. The van der Waals surface area contributed by atoms with Gasteiger partial charge in [-0.15, -0.1) is 0 Å². The molecule has 4 nitrogen and oxygen atoms in total. The molecule has 0 heterocycles. The molecule has 0 radical (unpaired) electrons. The molecule has 0 amide bonds. The minimum absolute atomic E-state index is 0.146. The molecule has 4 heteroatoms. The van der Waals surface area contributed by atoms with E-state index in [-0.39, 0.29) is 18.2 Å². The van der Waals surface area contributed by atoms with E-state index in [2.05, 4.69) is 19.2 Å². The van der Waals surface area contributed by atoms with Crippen LogP contribution in [-0.4, -0.2) is 49.7 Å². The van der Waals surface area contributed by atoms with Crippen molar-refractivity contribution in [2.45, 2.75) is 65.0 Å². The lowest BCUT2D eigenvalue weighted by Crippen LogP contribution is -2.46. The largest absolute Gasteiger partial charge is 0.394 e. The Hall–Kier alpha value is -0.160. The molecular formula is C15H33NO3. The van der Waals surface area contributed by atoms with E-state index in [0.717, 1.165) is 45.4 Å². The first-order chi connectivity index (χ1) is 9.08. The fraction of sp³-hybridized carbons (Fsp3) is 1.00. The number of nitrogens with one attached hydrogen (secondary N) is 1. The zero-order valence-corrected chi connectivity index (χ0v) is 13.2. The van der Waals surface area contributed by atoms with Gasteiger partial charge in [-0.3, -0.25) is 0 Å². The molecule has 0 aromatic rings. The van der Waals surface area contributed by atoms with Crippen LogP contribution in [0.2, 0.25) is 0 Å². The van der Waals surface area contributed by atoms with Gasteiger partial charge in [-0.05, 0) is 53.0 Å². The number of rotatable bonds is 13. The lowest BCUT2D eigenvalue weighted by Gasteiger charge is -2.29. The quantitative estimate of drug-likeness (QED) is 0.507. The maximum absolute atomic E-state index is 9.44. The highest BCUT2D eigenvalue weighted by molar-refractivity contribution is 4.81. The number of aliphatic hydroxyl groups is 1. The van der Waals surface area contributed by atoms with Crippen molar-refractivity contribution in [2.75, 3.05) is 33.0 Å². The first-order valence-electron chi connectivity index (χ1n) is 7.63. The summed E-state index contributed by atoms with van der Waals surface area (Å²) in [4.78, 5) is 0. The lowest BCUT2D eigenvalue weighted by molar-refractivity contribution is -0.00515. The Labute approximate surface area is 118 Å². The van der Waals surface area contributed by atoms with Gasteiger partial charge in [-0.2, -0.15) is 0 Å². The van der Waals surface area contributed by atoms with Gasteiger partial charge in [0.25, 0.3) is 0 Å². The smallest absolute Gasteiger partial charge is 0.0780 e. The molecule has 0 aliphatic rings. The predicted octanol–water partition coefficient (Wildman–Crippen LogP) is 2.35. The molecule has 0 saturated heterocycles. The van der Waals surface area contributed by atoms with E-state index in [1.807, 2.05) is 13.8 Å². The van der Waals surface area contributed by atoms with Crippen LogP contribution in [0.3, 0.4) is 0 Å². The van der Waals surface area contributed by atoms with Crippen LogP contribution >= 0.6 is 0 Å². The third-order valence-corrected chi connectivity index (χ3v) is 3.23. The van der Waals surface area contributed by atoms with Crippen LogP contribution in [-0.2, 0) is 9.47 Å². The average Bonchev–Trinajstić information content (AvgIpc) is 2.42. The van der Waals surface area contributed by atoms with Crippen LogP contribution < -0.4 is 5.32 Å². The number of aliphatic hydroxyl groups excluding tert-OH is 1. The standard InChI is InChI=1S/C15H33NO3/c1-5-10-16-15(4,13-17)9-7-8-11-19-14(3)12-18-6-2/h14,16-17H,5-13H2,1-4H3. The van der Waals surface area contributed by atoms with Crippen molar-refractivity contribution >= 4 is 0 Å². The van der Waals surface area contributed by atoms with E-state index in [0.29, 0.717) is 6.61 Å². The van der Waals surface area contributed by atoms with E-state index in [9.17, 15) is 5.11 Å². The molecule has 0 aromatic heterocycles. The topological polar surface area (TPSA) is 50.7 Å². The van der Waals surface area contributed by atoms with Gasteiger partial charge in [-0.1, -0.05) is 6.92 Å². The first kappa shape index (κ1) is 18.8. The van der Waals surface area contributed by atoms with Gasteiger partial charge in [0.2, 0.25) is 0 Å². The Balaban J connectivity index is 3.60. The van der Waals surface area contributed by atoms with Crippen LogP contribution in [0.5, 0.6) is 0 Å². The molecule has 0 rings (SSSR count). The van der Waals surface area contributed by atoms with Crippen LogP contribution in [0.15, 0.2) is 0 Å². The molecule has 0 aliphatic heterocycles. The van der Waals surface area contributed by atoms with Crippen molar-refractivity contribution in [3.8, 4) is 0 Å². The van der Waals surface area contributed by atoms with Gasteiger partial charge in [0.15, 0.2) is 0 Å². The monoisotopic (exact) mass is 275 g/mol. The zero-order chi connectivity index (χ0) is 14.6. The van der Waals surface area contributed by atoms with Crippen molar-refractivity contribution in [1.29, 1.82) is 0 Å². The van der Waals surface area contributed by atoms with Gasteiger partial charge in [0.1, 0.15) is 0 Å². The SMILES string of the molecule is CCCNC(C)(CO)CCCCOC(C)COCC. The summed E-state index contributed by atoms with van der Waals surface area (Å²) in [6, 6.07) is 0. The Bertz CT molecular complexity index is 202. The molecule has 0 saturated carbocycles. The Morgan fingerprint density at radius 2 is 2.00 bits per heavy atom. The Morgan fingerprint density at radius 1 is 1.26 bits per heavy atom. The normalized spacial score (nSPS) is 16.3. The van der Waals surface area contributed by atoms with Gasteiger partial charge in [0.05, 0.1) is 19.3 Å². The van der Waals surface area contributed by atoms with E-state index >= 15 is 0 Å². The van der Waals surface area contributed by atoms with E-state index in [4.69, 9.17) is 9.47 Å². The molecule has 19 heavy (non-hydrogen) atoms. The van der Waals surface area contributed by atoms with Gasteiger partial charge in [0, 0.05) is 18.8 Å². The summed E-state index contributed by atoms with van der Waals surface area (Å²) in [6.45, 7) is 11.6. The average molecular weight is 275 g/mol. The summed E-state index contributed by atoms with van der Waals surface area (Å²) < 4.78 is 11.0. The molecular weight excluding hydrogens is 242 g/mol. The van der Waals surface area contributed by atoms with Crippen molar-refractivity contribution in [3.63, 3.8) is 0 Å². The summed E-state index contributed by atoms with van der Waals surface area (Å²) in [7, 11) is 0. The third kappa shape index (κ3) is 10.3. The summed E-state index contributed by atoms with van der Waals surface area (Å²) in [5, 5.41) is 12.9.